The van der Waals surface area contributed by atoms with Crippen LogP contribution in [-0.4, -0.2) is 26.6 Å². The molecule has 112 valence electrons. The Kier molecular flexibility index (Phi) is 3.98. The number of nitrogens with two attached hydrogens (primary N) is 1. The molecule has 3 aromatic heterocycles. The van der Waals surface area contributed by atoms with Gasteiger partial charge in [-0.3, -0.25) is 14.3 Å². The fraction of sp³-hybridized carbons (Fsp3) is 0.0769. The number of hydrogen-bond donors (Lipinski definition) is 2. The smallest absolute Gasteiger partial charge is 0.267 e. The second-order valence-electron chi connectivity index (χ2n) is 4.39. The van der Waals surface area contributed by atoms with Gasteiger partial charge in [0.25, 0.3) is 5.91 Å². The number of nitrogens with zero attached hydrogens (tertiary/aromatic N) is 3. The molecule has 3 heterocycles. The lowest BCUT2D eigenvalue weighted by Crippen LogP contribution is -2.18. The van der Waals surface area contributed by atoms with Gasteiger partial charge < -0.3 is 11.1 Å². The summed E-state index contributed by atoms with van der Waals surface area (Å²) in [7, 11) is 0. The first-order valence-corrected chi connectivity index (χ1v) is 7.98. The molecular weight excluding hydrogens is 322 g/mol. The van der Waals surface area contributed by atoms with E-state index in [9.17, 15) is 9.59 Å². The highest BCUT2D eigenvalue weighted by Gasteiger charge is 2.13. The molecule has 0 saturated heterocycles. The third-order valence-corrected chi connectivity index (χ3v) is 4.43. The number of thiazole rings is 1. The van der Waals surface area contributed by atoms with Gasteiger partial charge in [-0.25, -0.2) is 4.98 Å². The molecule has 3 rings (SSSR count). The van der Waals surface area contributed by atoms with Gasteiger partial charge in [-0.05, 0) is 11.4 Å². The highest BCUT2D eigenvalue weighted by Crippen LogP contribution is 2.27. The Balaban J connectivity index is 1.69. The molecule has 0 saturated carbocycles. The van der Waals surface area contributed by atoms with Gasteiger partial charge >= 0.3 is 0 Å². The standard InChI is InChI=1S/C13H11N5O2S2/c14-11(19)6-18-5-9(3-16-18)17-12(20)10-4-15-13(22-10)8-1-2-21-7-8/h1-5,7H,6H2,(H2,14,19)(H,17,20). The molecule has 0 spiro atoms. The Bertz CT molecular complexity index is 806. The molecule has 0 fully saturated rings. The van der Waals surface area contributed by atoms with Gasteiger partial charge in [0.1, 0.15) is 16.4 Å². The molecule has 0 bridgehead atoms. The average Bonchev–Trinajstić information content (AvgIpc) is 3.19. The molecule has 9 heteroatoms. The SMILES string of the molecule is NC(=O)Cn1cc(NC(=O)c2cnc(-c3ccsc3)s2)cn1. The van der Waals surface area contributed by atoms with Crippen LogP contribution in [0.5, 0.6) is 0 Å². The van der Waals surface area contributed by atoms with Crippen LogP contribution >= 0.6 is 22.7 Å². The van der Waals surface area contributed by atoms with Crippen LogP contribution < -0.4 is 11.1 Å². The Morgan fingerprint density at radius 3 is 2.95 bits per heavy atom. The summed E-state index contributed by atoms with van der Waals surface area (Å²) in [4.78, 5) is 27.7. The summed E-state index contributed by atoms with van der Waals surface area (Å²) >= 11 is 2.90. The van der Waals surface area contributed by atoms with Crippen LogP contribution in [0.1, 0.15) is 9.67 Å². The third-order valence-electron chi connectivity index (χ3n) is 2.71. The molecule has 0 radical (unpaired) electrons. The van der Waals surface area contributed by atoms with E-state index in [1.54, 1.807) is 23.7 Å². The second-order valence-corrected chi connectivity index (χ2v) is 6.20. The fourth-order valence-electron chi connectivity index (χ4n) is 1.77. The van der Waals surface area contributed by atoms with Gasteiger partial charge in [0.05, 0.1) is 18.1 Å². The van der Waals surface area contributed by atoms with E-state index in [0.717, 1.165) is 10.6 Å². The van der Waals surface area contributed by atoms with Crippen LogP contribution in [0, 0.1) is 0 Å². The lowest BCUT2D eigenvalue weighted by Gasteiger charge is -1.98. The summed E-state index contributed by atoms with van der Waals surface area (Å²) in [5, 5.41) is 11.4. The van der Waals surface area contributed by atoms with E-state index in [4.69, 9.17) is 5.73 Å². The van der Waals surface area contributed by atoms with Crippen molar-refractivity contribution in [2.45, 2.75) is 6.54 Å². The summed E-state index contributed by atoms with van der Waals surface area (Å²) in [6.45, 7) is -0.0290. The van der Waals surface area contributed by atoms with Crippen LogP contribution in [-0.2, 0) is 11.3 Å². The molecule has 22 heavy (non-hydrogen) atoms. The van der Waals surface area contributed by atoms with Crippen LogP contribution in [0.25, 0.3) is 10.6 Å². The van der Waals surface area contributed by atoms with Crippen molar-refractivity contribution < 1.29 is 9.59 Å². The third kappa shape index (κ3) is 3.21. The second kappa shape index (κ2) is 6.08. The summed E-state index contributed by atoms with van der Waals surface area (Å²) < 4.78 is 1.36. The van der Waals surface area contributed by atoms with Crippen molar-refractivity contribution in [1.82, 2.24) is 14.8 Å². The molecule has 0 unspecified atom stereocenters. The van der Waals surface area contributed by atoms with Gasteiger partial charge in [0.2, 0.25) is 5.91 Å². The highest BCUT2D eigenvalue weighted by molar-refractivity contribution is 7.17. The molecule has 3 N–H and O–H groups in total. The van der Waals surface area contributed by atoms with E-state index in [1.807, 2.05) is 16.8 Å². The topological polar surface area (TPSA) is 103 Å². The molecule has 0 aliphatic carbocycles. The predicted molar refractivity (Wildman–Crippen MR) is 84.8 cm³/mol. The van der Waals surface area contributed by atoms with Crippen molar-refractivity contribution in [3.8, 4) is 10.6 Å². The number of primary amides is 1. The summed E-state index contributed by atoms with van der Waals surface area (Å²) in [6, 6.07) is 1.96. The first-order chi connectivity index (χ1) is 10.6. The minimum absolute atomic E-state index is 0.0290. The Morgan fingerprint density at radius 2 is 2.23 bits per heavy atom. The quantitative estimate of drug-likeness (QED) is 0.743. The number of anilines is 1. The van der Waals surface area contributed by atoms with E-state index < -0.39 is 5.91 Å². The summed E-state index contributed by atoms with van der Waals surface area (Å²) in [6.07, 6.45) is 4.55. The van der Waals surface area contributed by atoms with Gasteiger partial charge in [0.15, 0.2) is 0 Å². The maximum absolute atomic E-state index is 12.2. The van der Waals surface area contributed by atoms with Crippen LogP contribution in [0.15, 0.2) is 35.4 Å². The lowest BCUT2D eigenvalue weighted by atomic mass is 10.4. The summed E-state index contributed by atoms with van der Waals surface area (Å²) in [5.41, 5.74) is 6.58. The lowest BCUT2D eigenvalue weighted by molar-refractivity contribution is -0.118. The van der Waals surface area contributed by atoms with Gasteiger partial charge in [0, 0.05) is 17.1 Å². The van der Waals surface area contributed by atoms with E-state index >= 15 is 0 Å². The number of nitrogens with one attached hydrogen (secondary N) is 1. The number of thiophene rings is 1. The van der Waals surface area contributed by atoms with Crippen LogP contribution in [0.2, 0.25) is 0 Å². The molecule has 7 nitrogen and oxygen atoms in total. The Morgan fingerprint density at radius 1 is 1.36 bits per heavy atom. The number of aromatic nitrogens is 3. The van der Waals surface area contributed by atoms with Crippen molar-refractivity contribution in [3.05, 3.63) is 40.3 Å². The molecule has 0 aliphatic heterocycles. The number of rotatable bonds is 5. The highest BCUT2D eigenvalue weighted by atomic mass is 32.1. The zero-order valence-corrected chi connectivity index (χ0v) is 12.9. The molecular formula is C13H11N5O2S2. The largest absolute Gasteiger partial charge is 0.368 e. The van der Waals surface area contributed by atoms with Crippen molar-refractivity contribution in [2.24, 2.45) is 5.73 Å². The van der Waals surface area contributed by atoms with Crippen molar-refractivity contribution in [2.75, 3.05) is 5.32 Å². The van der Waals surface area contributed by atoms with Gasteiger partial charge in [-0.1, -0.05) is 0 Å². The number of carbonyl (C=O) groups is 2. The van der Waals surface area contributed by atoms with E-state index in [0.29, 0.717) is 10.6 Å². The van der Waals surface area contributed by atoms with E-state index in [-0.39, 0.29) is 12.5 Å². The monoisotopic (exact) mass is 333 g/mol. The predicted octanol–water partition coefficient (Wildman–Crippen LogP) is 1.81. The fourth-order valence-corrected chi connectivity index (χ4v) is 3.29. The molecule has 0 atom stereocenters. The minimum Gasteiger partial charge on any atom is -0.368 e. The zero-order chi connectivity index (χ0) is 15.5. The van der Waals surface area contributed by atoms with E-state index in [2.05, 4.69) is 15.4 Å². The normalized spacial score (nSPS) is 10.5. The van der Waals surface area contributed by atoms with Crippen molar-refractivity contribution in [1.29, 1.82) is 0 Å². The summed E-state index contributed by atoms with van der Waals surface area (Å²) in [5.74, 6) is -0.763. The Hall–Kier alpha value is -2.52. The maximum atomic E-state index is 12.2. The van der Waals surface area contributed by atoms with Crippen LogP contribution in [0.4, 0.5) is 5.69 Å². The van der Waals surface area contributed by atoms with Crippen LogP contribution in [0.3, 0.4) is 0 Å². The molecule has 2 amide bonds. The molecule has 3 aromatic rings. The van der Waals surface area contributed by atoms with Crippen molar-refractivity contribution >= 4 is 40.2 Å². The number of amides is 2. The van der Waals surface area contributed by atoms with Crippen molar-refractivity contribution in [3.63, 3.8) is 0 Å². The zero-order valence-electron chi connectivity index (χ0n) is 11.2. The average molecular weight is 333 g/mol. The Labute approximate surface area is 133 Å². The molecule has 0 aliphatic rings. The maximum Gasteiger partial charge on any atom is 0.267 e. The van der Waals surface area contributed by atoms with Gasteiger partial charge in [-0.2, -0.15) is 16.4 Å². The first kappa shape index (κ1) is 14.4. The first-order valence-electron chi connectivity index (χ1n) is 6.22. The number of hydrogen-bond acceptors (Lipinski definition) is 6. The minimum atomic E-state index is -0.496. The number of carbonyl (C=O) groups excluding carboxylic acids is 2. The van der Waals surface area contributed by atoms with E-state index in [1.165, 1.54) is 22.2 Å². The van der Waals surface area contributed by atoms with Gasteiger partial charge in [-0.15, -0.1) is 11.3 Å². The molecule has 0 aromatic carbocycles.